The second-order valence-electron chi connectivity index (χ2n) is 8.14. The normalized spacial score (nSPS) is 15.6. The Kier molecular flexibility index (Phi) is 5.04. The number of nitrogens with one attached hydrogen (secondary N) is 1. The SMILES string of the molecule is Cc1cccn2cc(-c3cccc(NC(=O)C4(c5ccccc5)CCOCC4)c3)nc12. The summed E-state index contributed by atoms with van der Waals surface area (Å²) in [5.74, 6) is 0.0185. The highest BCUT2D eigenvalue weighted by molar-refractivity contribution is 5.99. The van der Waals surface area contributed by atoms with Crippen molar-refractivity contribution in [3.05, 3.63) is 90.3 Å². The number of hydrogen-bond donors (Lipinski definition) is 1. The molecule has 5 nitrogen and oxygen atoms in total. The van der Waals surface area contributed by atoms with E-state index in [9.17, 15) is 4.79 Å². The minimum absolute atomic E-state index is 0.0185. The van der Waals surface area contributed by atoms with Gasteiger partial charge in [0.2, 0.25) is 5.91 Å². The third-order valence-electron chi connectivity index (χ3n) is 6.20. The number of aryl methyl sites for hydroxylation is 1. The Balaban J connectivity index is 1.45. The maximum atomic E-state index is 13.5. The predicted molar refractivity (Wildman–Crippen MR) is 122 cm³/mol. The van der Waals surface area contributed by atoms with Gasteiger partial charge in [-0.3, -0.25) is 4.79 Å². The topological polar surface area (TPSA) is 55.6 Å². The highest BCUT2D eigenvalue weighted by Gasteiger charge is 2.41. The first-order valence-electron chi connectivity index (χ1n) is 10.7. The van der Waals surface area contributed by atoms with Crippen LogP contribution >= 0.6 is 0 Å². The third-order valence-corrected chi connectivity index (χ3v) is 6.20. The Morgan fingerprint density at radius 3 is 2.61 bits per heavy atom. The fourth-order valence-corrected chi connectivity index (χ4v) is 4.42. The van der Waals surface area contributed by atoms with Crippen molar-refractivity contribution in [3.8, 4) is 11.3 Å². The van der Waals surface area contributed by atoms with E-state index >= 15 is 0 Å². The molecule has 1 fully saturated rings. The summed E-state index contributed by atoms with van der Waals surface area (Å²) in [5.41, 5.74) is 5.17. The second kappa shape index (κ2) is 8.00. The predicted octanol–water partition coefficient (Wildman–Crippen LogP) is 5.00. The van der Waals surface area contributed by atoms with Crippen LogP contribution < -0.4 is 5.32 Å². The van der Waals surface area contributed by atoms with E-state index in [0.717, 1.165) is 33.7 Å². The number of aromatic nitrogens is 2. The maximum Gasteiger partial charge on any atom is 0.235 e. The molecule has 0 atom stereocenters. The van der Waals surface area contributed by atoms with Crippen LogP contribution in [0, 0.1) is 6.92 Å². The van der Waals surface area contributed by atoms with Gasteiger partial charge in [0.1, 0.15) is 5.65 Å². The monoisotopic (exact) mass is 411 g/mol. The second-order valence-corrected chi connectivity index (χ2v) is 8.14. The maximum absolute atomic E-state index is 13.5. The largest absolute Gasteiger partial charge is 0.381 e. The van der Waals surface area contributed by atoms with Gasteiger partial charge in [0.15, 0.2) is 0 Å². The Bertz CT molecular complexity index is 1220. The van der Waals surface area contributed by atoms with Gasteiger partial charge in [0, 0.05) is 36.9 Å². The van der Waals surface area contributed by atoms with Gasteiger partial charge in [-0.05, 0) is 49.1 Å². The van der Waals surface area contributed by atoms with E-state index in [4.69, 9.17) is 9.72 Å². The minimum atomic E-state index is -0.574. The molecule has 1 N–H and O–H groups in total. The molecule has 0 saturated carbocycles. The fourth-order valence-electron chi connectivity index (χ4n) is 4.42. The number of carbonyl (C=O) groups is 1. The fraction of sp³-hybridized carbons (Fsp3) is 0.231. The molecule has 3 heterocycles. The lowest BCUT2D eigenvalue weighted by molar-refractivity contribution is -0.125. The molecule has 0 radical (unpaired) electrons. The lowest BCUT2D eigenvalue weighted by atomic mass is 9.73. The van der Waals surface area contributed by atoms with Crippen molar-refractivity contribution in [3.63, 3.8) is 0 Å². The number of nitrogens with zero attached hydrogens (tertiary/aromatic N) is 2. The van der Waals surface area contributed by atoms with E-state index in [1.54, 1.807) is 0 Å². The molecule has 1 saturated heterocycles. The number of fused-ring (bicyclic) bond motifs is 1. The molecule has 0 spiro atoms. The Morgan fingerprint density at radius 2 is 1.84 bits per heavy atom. The highest BCUT2D eigenvalue weighted by Crippen LogP contribution is 2.36. The molecule has 1 aliphatic heterocycles. The van der Waals surface area contributed by atoms with E-state index in [1.165, 1.54) is 0 Å². The summed E-state index contributed by atoms with van der Waals surface area (Å²) in [5, 5.41) is 3.18. The number of hydrogen-bond acceptors (Lipinski definition) is 3. The van der Waals surface area contributed by atoms with Crippen LogP contribution in [0.15, 0.2) is 79.1 Å². The van der Waals surface area contributed by atoms with E-state index in [0.29, 0.717) is 26.1 Å². The minimum Gasteiger partial charge on any atom is -0.381 e. The van der Waals surface area contributed by atoms with Crippen LogP contribution in [0.2, 0.25) is 0 Å². The Hall–Kier alpha value is -3.44. The van der Waals surface area contributed by atoms with E-state index in [2.05, 4.69) is 18.3 Å². The Labute approximate surface area is 181 Å². The number of rotatable bonds is 4. The molecule has 2 aromatic carbocycles. The first kappa shape index (κ1) is 19.5. The molecule has 0 bridgehead atoms. The zero-order chi connectivity index (χ0) is 21.3. The van der Waals surface area contributed by atoms with Crippen molar-refractivity contribution < 1.29 is 9.53 Å². The molecule has 1 aliphatic rings. The molecule has 156 valence electrons. The third kappa shape index (κ3) is 3.62. The number of amides is 1. The van der Waals surface area contributed by atoms with Gasteiger partial charge in [-0.15, -0.1) is 0 Å². The van der Waals surface area contributed by atoms with Gasteiger partial charge in [0.05, 0.1) is 11.1 Å². The van der Waals surface area contributed by atoms with Crippen LogP contribution in [-0.4, -0.2) is 28.5 Å². The number of anilines is 1. The molecular weight excluding hydrogens is 386 g/mol. The summed E-state index contributed by atoms with van der Waals surface area (Å²) in [7, 11) is 0. The first-order valence-corrected chi connectivity index (χ1v) is 10.7. The van der Waals surface area contributed by atoms with Crippen molar-refractivity contribution in [2.24, 2.45) is 0 Å². The molecule has 5 heteroatoms. The lowest BCUT2D eigenvalue weighted by Crippen LogP contribution is -2.44. The average Bonchev–Trinajstić information content (AvgIpc) is 3.26. The molecule has 2 aromatic heterocycles. The highest BCUT2D eigenvalue weighted by atomic mass is 16.5. The van der Waals surface area contributed by atoms with Gasteiger partial charge in [-0.2, -0.15) is 0 Å². The number of benzene rings is 2. The summed E-state index contributed by atoms with van der Waals surface area (Å²) < 4.78 is 7.60. The smallest absolute Gasteiger partial charge is 0.235 e. The van der Waals surface area contributed by atoms with E-state index < -0.39 is 5.41 Å². The summed E-state index contributed by atoms with van der Waals surface area (Å²) in [6.07, 6.45) is 5.37. The number of pyridine rings is 1. The molecule has 5 rings (SSSR count). The summed E-state index contributed by atoms with van der Waals surface area (Å²) in [6, 6.07) is 22.0. The number of ether oxygens (including phenoxy) is 1. The van der Waals surface area contributed by atoms with Crippen LogP contribution in [0.1, 0.15) is 24.0 Å². The van der Waals surface area contributed by atoms with Crippen molar-refractivity contribution in [2.75, 3.05) is 18.5 Å². The van der Waals surface area contributed by atoms with Gasteiger partial charge < -0.3 is 14.5 Å². The van der Waals surface area contributed by atoms with Crippen molar-refractivity contribution in [1.29, 1.82) is 0 Å². The summed E-state index contributed by atoms with van der Waals surface area (Å²) in [4.78, 5) is 18.3. The van der Waals surface area contributed by atoms with Gasteiger partial charge >= 0.3 is 0 Å². The van der Waals surface area contributed by atoms with Crippen LogP contribution in [0.4, 0.5) is 5.69 Å². The summed E-state index contributed by atoms with van der Waals surface area (Å²) in [6.45, 7) is 3.23. The number of carbonyl (C=O) groups excluding carboxylic acids is 1. The van der Waals surface area contributed by atoms with E-state index in [-0.39, 0.29) is 5.91 Å². The number of imidazole rings is 1. The van der Waals surface area contributed by atoms with Crippen molar-refractivity contribution in [2.45, 2.75) is 25.2 Å². The molecule has 0 aliphatic carbocycles. The molecule has 31 heavy (non-hydrogen) atoms. The Morgan fingerprint density at radius 1 is 1.03 bits per heavy atom. The zero-order valence-electron chi connectivity index (χ0n) is 17.5. The average molecular weight is 412 g/mol. The van der Waals surface area contributed by atoms with Crippen molar-refractivity contribution >= 4 is 17.2 Å². The van der Waals surface area contributed by atoms with Crippen LogP contribution in [0.5, 0.6) is 0 Å². The van der Waals surface area contributed by atoms with Gasteiger partial charge in [0.25, 0.3) is 0 Å². The van der Waals surface area contributed by atoms with Crippen LogP contribution in [0.25, 0.3) is 16.9 Å². The van der Waals surface area contributed by atoms with E-state index in [1.807, 2.05) is 77.5 Å². The van der Waals surface area contributed by atoms with Crippen LogP contribution in [0.3, 0.4) is 0 Å². The van der Waals surface area contributed by atoms with Crippen LogP contribution in [-0.2, 0) is 14.9 Å². The molecule has 4 aromatic rings. The standard InChI is InChI=1S/C26H25N3O2/c1-19-7-6-14-29-18-23(28-24(19)29)20-8-5-11-22(17-20)27-25(30)26(12-15-31-16-13-26)21-9-3-2-4-10-21/h2-11,14,17-18H,12-13,15-16H2,1H3,(H,27,30). The zero-order valence-corrected chi connectivity index (χ0v) is 17.5. The quantitative estimate of drug-likeness (QED) is 0.514. The van der Waals surface area contributed by atoms with Crippen molar-refractivity contribution in [1.82, 2.24) is 9.38 Å². The first-order chi connectivity index (χ1) is 15.2. The molecule has 0 unspecified atom stereocenters. The van der Waals surface area contributed by atoms with Gasteiger partial charge in [-0.25, -0.2) is 4.98 Å². The van der Waals surface area contributed by atoms with Gasteiger partial charge in [-0.1, -0.05) is 48.5 Å². The lowest BCUT2D eigenvalue weighted by Gasteiger charge is -2.36. The molecule has 1 amide bonds. The molecular formula is C26H25N3O2. The summed E-state index contributed by atoms with van der Waals surface area (Å²) >= 11 is 0.